The van der Waals surface area contributed by atoms with E-state index >= 15 is 0 Å². The molecule has 4 nitrogen and oxygen atoms in total. The van der Waals surface area contributed by atoms with Crippen LogP contribution in [0.2, 0.25) is 0 Å². The van der Waals surface area contributed by atoms with Crippen LogP contribution in [-0.2, 0) is 9.53 Å². The van der Waals surface area contributed by atoms with Crippen LogP contribution in [-0.4, -0.2) is 11.9 Å². The first kappa shape index (κ1) is 12.3. The second-order valence-electron chi connectivity index (χ2n) is 4.26. The zero-order chi connectivity index (χ0) is 14.1. The Bertz CT molecular complexity index is 743. The molecule has 100 valence electrons. The molecule has 0 aliphatic carbocycles. The fourth-order valence-corrected chi connectivity index (χ4v) is 1.82. The molecule has 2 aromatic rings. The first-order valence-electron chi connectivity index (χ1n) is 5.97. The molecular formula is C15H10FNO3. The summed E-state index contributed by atoms with van der Waals surface area (Å²) in [4.78, 5) is 15.7. The van der Waals surface area contributed by atoms with Crippen LogP contribution in [0, 0.1) is 12.7 Å². The third kappa shape index (κ3) is 2.25. The Morgan fingerprint density at radius 2 is 2.00 bits per heavy atom. The number of benzene rings is 1. The van der Waals surface area contributed by atoms with Gasteiger partial charge in [0.1, 0.15) is 17.3 Å². The fraction of sp³-hybridized carbons (Fsp3) is 0.0667. The SMILES string of the molecule is Cc1ccc(/C=C2\N=C(c3ccccc3F)OC2=O)o1. The standard InChI is InChI=1S/C15H10FNO3/c1-9-6-7-10(19-9)8-13-15(18)20-14(17-13)11-4-2-3-5-12(11)16/h2-8H,1H3/b13-8-. The molecule has 0 unspecified atom stereocenters. The Kier molecular flexibility index (Phi) is 2.95. The lowest BCUT2D eigenvalue weighted by molar-refractivity contribution is -0.129. The number of nitrogens with zero attached hydrogens (tertiary/aromatic N) is 1. The summed E-state index contributed by atoms with van der Waals surface area (Å²) in [6, 6.07) is 9.47. The third-order valence-electron chi connectivity index (χ3n) is 2.76. The number of carbonyl (C=O) groups is 1. The molecule has 1 aromatic heterocycles. The number of rotatable bonds is 2. The molecule has 0 amide bonds. The van der Waals surface area contributed by atoms with E-state index in [0.29, 0.717) is 5.76 Å². The highest BCUT2D eigenvalue weighted by Crippen LogP contribution is 2.21. The topological polar surface area (TPSA) is 51.8 Å². The molecular weight excluding hydrogens is 261 g/mol. The molecule has 3 rings (SSSR count). The monoisotopic (exact) mass is 271 g/mol. The lowest BCUT2D eigenvalue weighted by Crippen LogP contribution is -2.07. The molecule has 2 heterocycles. The maximum absolute atomic E-state index is 13.6. The van der Waals surface area contributed by atoms with Gasteiger partial charge in [-0.15, -0.1) is 0 Å². The Balaban J connectivity index is 1.97. The van der Waals surface area contributed by atoms with Gasteiger partial charge in [-0.1, -0.05) is 12.1 Å². The van der Waals surface area contributed by atoms with Crippen molar-refractivity contribution in [2.24, 2.45) is 4.99 Å². The Labute approximate surface area is 114 Å². The van der Waals surface area contributed by atoms with Gasteiger partial charge < -0.3 is 9.15 Å². The molecule has 0 N–H and O–H groups in total. The maximum Gasteiger partial charge on any atom is 0.363 e. The second kappa shape index (κ2) is 4.77. The van der Waals surface area contributed by atoms with Crippen molar-refractivity contribution in [2.45, 2.75) is 6.92 Å². The van der Waals surface area contributed by atoms with Crippen molar-refractivity contribution in [3.8, 4) is 0 Å². The maximum atomic E-state index is 13.6. The third-order valence-corrected chi connectivity index (χ3v) is 2.76. The molecule has 1 aliphatic rings. The molecule has 1 aromatic carbocycles. The lowest BCUT2D eigenvalue weighted by atomic mass is 10.2. The van der Waals surface area contributed by atoms with Gasteiger partial charge >= 0.3 is 5.97 Å². The minimum Gasteiger partial charge on any atom is -0.462 e. The summed E-state index contributed by atoms with van der Waals surface area (Å²) in [6.45, 7) is 1.79. The smallest absolute Gasteiger partial charge is 0.363 e. The molecule has 20 heavy (non-hydrogen) atoms. The molecule has 0 atom stereocenters. The highest BCUT2D eigenvalue weighted by Gasteiger charge is 2.26. The van der Waals surface area contributed by atoms with Gasteiger partial charge in [-0.2, -0.15) is 0 Å². The van der Waals surface area contributed by atoms with Crippen LogP contribution < -0.4 is 0 Å². The van der Waals surface area contributed by atoms with Gasteiger partial charge in [-0.05, 0) is 31.2 Å². The zero-order valence-electron chi connectivity index (χ0n) is 10.6. The molecule has 1 aliphatic heterocycles. The van der Waals surface area contributed by atoms with E-state index in [-0.39, 0.29) is 17.2 Å². The number of aliphatic imine (C=N–C) groups is 1. The van der Waals surface area contributed by atoms with Crippen LogP contribution in [0.4, 0.5) is 4.39 Å². The van der Waals surface area contributed by atoms with Crippen molar-refractivity contribution in [1.29, 1.82) is 0 Å². The predicted molar refractivity (Wildman–Crippen MR) is 70.5 cm³/mol. The van der Waals surface area contributed by atoms with E-state index in [1.165, 1.54) is 18.2 Å². The Hall–Kier alpha value is -2.69. The number of aryl methyl sites for hydroxylation is 1. The molecule has 0 bridgehead atoms. The van der Waals surface area contributed by atoms with E-state index in [4.69, 9.17) is 9.15 Å². The van der Waals surface area contributed by atoms with E-state index in [1.807, 2.05) is 0 Å². The summed E-state index contributed by atoms with van der Waals surface area (Å²) in [5, 5.41) is 0. The number of esters is 1. The van der Waals surface area contributed by atoms with E-state index in [9.17, 15) is 9.18 Å². The first-order chi connectivity index (χ1) is 9.63. The summed E-state index contributed by atoms with van der Waals surface area (Å²) >= 11 is 0. The summed E-state index contributed by atoms with van der Waals surface area (Å²) in [5.41, 5.74) is 0.234. The molecule has 0 saturated heterocycles. The van der Waals surface area contributed by atoms with Crippen LogP contribution in [0.1, 0.15) is 17.1 Å². The predicted octanol–water partition coefficient (Wildman–Crippen LogP) is 3.07. The summed E-state index contributed by atoms with van der Waals surface area (Å²) in [7, 11) is 0. The minimum absolute atomic E-state index is 0.0392. The second-order valence-corrected chi connectivity index (χ2v) is 4.26. The first-order valence-corrected chi connectivity index (χ1v) is 5.97. The summed E-state index contributed by atoms with van der Waals surface area (Å²) < 4.78 is 23.9. The molecule has 0 fully saturated rings. The van der Waals surface area contributed by atoms with E-state index in [2.05, 4.69) is 4.99 Å². The molecule has 5 heteroatoms. The van der Waals surface area contributed by atoms with Gasteiger partial charge in [0.2, 0.25) is 5.90 Å². The summed E-state index contributed by atoms with van der Waals surface area (Å²) in [6.07, 6.45) is 1.46. The van der Waals surface area contributed by atoms with Gasteiger partial charge in [-0.3, -0.25) is 0 Å². The normalized spacial score (nSPS) is 16.4. The van der Waals surface area contributed by atoms with Crippen LogP contribution in [0.5, 0.6) is 0 Å². The van der Waals surface area contributed by atoms with Crippen molar-refractivity contribution in [2.75, 3.05) is 0 Å². The van der Waals surface area contributed by atoms with Crippen molar-refractivity contribution in [3.05, 3.63) is 65.0 Å². The quantitative estimate of drug-likeness (QED) is 0.623. The summed E-state index contributed by atoms with van der Waals surface area (Å²) in [5.74, 6) is 0.0589. The van der Waals surface area contributed by atoms with Crippen LogP contribution in [0.3, 0.4) is 0 Å². The number of hydrogen-bond donors (Lipinski definition) is 0. The van der Waals surface area contributed by atoms with Gasteiger partial charge in [0, 0.05) is 6.08 Å². The van der Waals surface area contributed by atoms with Gasteiger partial charge in [0.15, 0.2) is 5.70 Å². The molecule has 0 radical (unpaired) electrons. The average Bonchev–Trinajstić information content (AvgIpc) is 2.98. The van der Waals surface area contributed by atoms with E-state index in [0.717, 1.165) is 5.76 Å². The van der Waals surface area contributed by atoms with Gasteiger partial charge in [0.25, 0.3) is 0 Å². The van der Waals surface area contributed by atoms with Gasteiger partial charge in [0.05, 0.1) is 5.56 Å². The van der Waals surface area contributed by atoms with E-state index in [1.54, 1.807) is 31.2 Å². The van der Waals surface area contributed by atoms with E-state index < -0.39 is 11.8 Å². The molecule has 0 saturated carbocycles. The number of ether oxygens (including phenoxy) is 1. The zero-order valence-corrected chi connectivity index (χ0v) is 10.6. The fourth-order valence-electron chi connectivity index (χ4n) is 1.82. The number of halogens is 1. The van der Waals surface area contributed by atoms with Crippen molar-refractivity contribution in [3.63, 3.8) is 0 Å². The highest BCUT2D eigenvalue weighted by atomic mass is 19.1. The number of furan rings is 1. The van der Waals surface area contributed by atoms with Crippen molar-refractivity contribution in [1.82, 2.24) is 0 Å². The van der Waals surface area contributed by atoms with Crippen LogP contribution >= 0.6 is 0 Å². The Morgan fingerprint density at radius 3 is 2.70 bits per heavy atom. The Morgan fingerprint density at radius 1 is 1.20 bits per heavy atom. The minimum atomic E-state index is -0.627. The molecule has 0 spiro atoms. The van der Waals surface area contributed by atoms with Crippen LogP contribution in [0.25, 0.3) is 6.08 Å². The average molecular weight is 271 g/mol. The number of cyclic esters (lactones) is 1. The highest BCUT2D eigenvalue weighted by molar-refractivity contribution is 6.12. The number of carbonyl (C=O) groups excluding carboxylic acids is 1. The van der Waals surface area contributed by atoms with Crippen LogP contribution in [0.15, 0.2) is 51.5 Å². The number of hydrogen-bond acceptors (Lipinski definition) is 4. The van der Waals surface area contributed by atoms with Crippen molar-refractivity contribution < 1.29 is 18.3 Å². The lowest BCUT2D eigenvalue weighted by Gasteiger charge is -1.99. The van der Waals surface area contributed by atoms with Gasteiger partial charge in [-0.25, -0.2) is 14.2 Å². The largest absolute Gasteiger partial charge is 0.462 e. The van der Waals surface area contributed by atoms with Crippen molar-refractivity contribution >= 4 is 17.9 Å².